The highest BCUT2D eigenvalue weighted by Crippen LogP contribution is 2.27. The van der Waals surface area contributed by atoms with Crippen molar-refractivity contribution in [3.63, 3.8) is 0 Å². The number of carbonyl (C=O) groups is 2. The molecule has 40 heavy (non-hydrogen) atoms. The SMILES string of the molecule is CC[C@@H](C(=O)NC1CCCC1)N(Cc1ccccc1C)C(=O)CN(c1cccc(Cl)c1)S(=O)(=O)c1ccccc1. The third-order valence-corrected chi connectivity index (χ3v) is 9.42. The maximum atomic E-state index is 14.2. The molecule has 1 aliphatic rings. The molecule has 1 atom stereocenters. The van der Waals surface area contributed by atoms with E-state index < -0.39 is 28.5 Å². The van der Waals surface area contributed by atoms with Crippen molar-refractivity contribution < 1.29 is 18.0 Å². The van der Waals surface area contributed by atoms with Crippen LogP contribution in [0.3, 0.4) is 0 Å². The monoisotopic (exact) mass is 581 g/mol. The Kier molecular flexibility index (Phi) is 9.87. The highest BCUT2D eigenvalue weighted by atomic mass is 35.5. The number of aryl methyl sites for hydroxylation is 1. The van der Waals surface area contributed by atoms with Crippen LogP contribution in [0.2, 0.25) is 5.02 Å². The number of sulfonamides is 1. The fourth-order valence-electron chi connectivity index (χ4n) is 5.14. The van der Waals surface area contributed by atoms with Gasteiger partial charge in [0.25, 0.3) is 10.0 Å². The fraction of sp³-hybridized carbons (Fsp3) is 0.355. The standard InChI is InChI=1S/C31H36ClN3O4S/c1-3-29(31(37)33-26-15-9-10-16-26)34(21-24-13-8-7-12-23(24)2)30(36)22-35(27-17-11-14-25(32)20-27)40(38,39)28-18-5-4-6-19-28/h4-8,11-14,17-20,26,29H,3,9-10,15-16,21-22H2,1-2H3,(H,33,37)/t29-/m0/s1. The molecule has 9 heteroatoms. The zero-order chi connectivity index (χ0) is 28.7. The largest absolute Gasteiger partial charge is 0.352 e. The molecule has 0 bridgehead atoms. The summed E-state index contributed by atoms with van der Waals surface area (Å²) in [7, 11) is -4.13. The Morgan fingerprint density at radius 3 is 2.30 bits per heavy atom. The molecule has 0 spiro atoms. The smallest absolute Gasteiger partial charge is 0.264 e. The summed E-state index contributed by atoms with van der Waals surface area (Å²) >= 11 is 6.23. The Balaban J connectivity index is 1.71. The van der Waals surface area contributed by atoms with E-state index in [9.17, 15) is 18.0 Å². The van der Waals surface area contributed by atoms with E-state index in [1.807, 2.05) is 38.1 Å². The lowest BCUT2D eigenvalue weighted by molar-refractivity contribution is -0.140. The summed E-state index contributed by atoms with van der Waals surface area (Å²) in [6.45, 7) is 3.51. The zero-order valence-corrected chi connectivity index (χ0v) is 24.5. The van der Waals surface area contributed by atoms with Gasteiger partial charge >= 0.3 is 0 Å². The normalized spacial score (nSPS) is 14.5. The van der Waals surface area contributed by atoms with Crippen molar-refractivity contribution in [2.24, 2.45) is 0 Å². The number of benzene rings is 3. The molecule has 1 aliphatic carbocycles. The van der Waals surface area contributed by atoms with Gasteiger partial charge in [-0.05, 0) is 67.6 Å². The predicted molar refractivity (Wildman–Crippen MR) is 159 cm³/mol. The molecule has 7 nitrogen and oxygen atoms in total. The van der Waals surface area contributed by atoms with E-state index in [-0.39, 0.29) is 29.1 Å². The van der Waals surface area contributed by atoms with E-state index in [2.05, 4.69) is 5.32 Å². The average molecular weight is 582 g/mol. The lowest BCUT2D eigenvalue weighted by Gasteiger charge is -2.34. The minimum absolute atomic E-state index is 0.0549. The van der Waals surface area contributed by atoms with Gasteiger partial charge in [0.2, 0.25) is 11.8 Å². The molecule has 0 saturated heterocycles. The van der Waals surface area contributed by atoms with Gasteiger partial charge in [-0.25, -0.2) is 8.42 Å². The third kappa shape index (κ3) is 7.04. The van der Waals surface area contributed by atoms with Crippen LogP contribution in [0, 0.1) is 6.92 Å². The van der Waals surface area contributed by atoms with Crippen LogP contribution in [-0.2, 0) is 26.2 Å². The first kappa shape index (κ1) is 29.6. The predicted octanol–water partition coefficient (Wildman–Crippen LogP) is 5.71. The van der Waals surface area contributed by atoms with E-state index in [0.717, 1.165) is 41.1 Å². The van der Waals surface area contributed by atoms with Gasteiger partial charge in [0.05, 0.1) is 10.6 Å². The fourth-order valence-corrected chi connectivity index (χ4v) is 6.75. The van der Waals surface area contributed by atoms with Gasteiger partial charge in [-0.1, -0.05) is 79.9 Å². The van der Waals surface area contributed by atoms with Crippen molar-refractivity contribution >= 4 is 39.1 Å². The molecular weight excluding hydrogens is 546 g/mol. The molecule has 0 aliphatic heterocycles. The lowest BCUT2D eigenvalue weighted by Crippen LogP contribution is -2.53. The van der Waals surface area contributed by atoms with Crippen LogP contribution in [0.5, 0.6) is 0 Å². The molecule has 3 aromatic carbocycles. The van der Waals surface area contributed by atoms with Crippen molar-refractivity contribution in [2.45, 2.75) is 69.5 Å². The molecule has 1 fully saturated rings. The van der Waals surface area contributed by atoms with Gasteiger partial charge in [-0.3, -0.25) is 13.9 Å². The van der Waals surface area contributed by atoms with Crippen molar-refractivity contribution in [3.05, 3.63) is 95.0 Å². The number of nitrogens with one attached hydrogen (secondary N) is 1. The summed E-state index contributed by atoms with van der Waals surface area (Å²) < 4.78 is 28.8. The van der Waals surface area contributed by atoms with Crippen LogP contribution in [0.4, 0.5) is 5.69 Å². The molecule has 0 aromatic heterocycles. The Morgan fingerprint density at radius 1 is 0.975 bits per heavy atom. The summed E-state index contributed by atoms with van der Waals surface area (Å²) in [5, 5.41) is 3.48. The van der Waals surface area contributed by atoms with Crippen molar-refractivity contribution in [1.82, 2.24) is 10.2 Å². The molecule has 3 aromatic rings. The van der Waals surface area contributed by atoms with E-state index in [4.69, 9.17) is 11.6 Å². The summed E-state index contributed by atoms with van der Waals surface area (Å²) in [5.41, 5.74) is 2.14. The second-order valence-corrected chi connectivity index (χ2v) is 12.5. The van der Waals surface area contributed by atoms with Crippen LogP contribution in [-0.4, -0.2) is 43.8 Å². The number of halogens is 1. The van der Waals surface area contributed by atoms with Crippen molar-refractivity contribution in [1.29, 1.82) is 0 Å². The second-order valence-electron chi connectivity index (χ2n) is 10.2. The Hall–Kier alpha value is -3.36. The summed E-state index contributed by atoms with van der Waals surface area (Å²) in [5.74, 6) is -0.687. The molecule has 4 rings (SSSR count). The van der Waals surface area contributed by atoms with Gasteiger partial charge in [0.15, 0.2) is 0 Å². The Bertz CT molecular complexity index is 1430. The van der Waals surface area contributed by atoms with Gasteiger partial charge in [0.1, 0.15) is 12.6 Å². The van der Waals surface area contributed by atoms with Crippen LogP contribution in [0.25, 0.3) is 0 Å². The number of nitrogens with zero attached hydrogens (tertiary/aromatic N) is 2. The van der Waals surface area contributed by atoms with Crippen molar-refractivity contribution in [2.75, 3.05) is 10.8 Å². The van der Waals surface area contributed by atoms with Crippen LogP contribution < -0.4 is 9.62 Å². The molecule has 0 radical (unpaired) electrons. The first-order valence-electron chi connectivity index (χ1n) is 13.7. The van der Waals surface area contributed by atoms with E-state index in [1.165, 1.54) is 23.1 Å². The number of carbonyl (C=O) groups excluding carboxylic acids is 2. The maximum absolute atomic E-state index is 14.2. The molecule has 0 heterocycles. The number of anilines is 1. The van der Waals surface area contributed by atoms with Gasteiger partial charge in [-0.2, -0.15) is 0 Å². The molecule has 0 unspecified atom stereocenters. The van der Waals surface area contributed by atoms with Crippen LogP contribution >= 0.6 is 11.6 Å². The first-order chi connectivity index (χ1) is 19.2. The molecule has 1 N–H and O–H groups in total. The molecular formula is C31H36ClN3O4S. The van der Waals surface area contributed by atoms with Crippen LogP contribution in [0.1, 0.15) is 50.2 Å². The Labute approximate surface area is 242 Å². The maximum Gasteiger partial charge on any atom is 0.264 e. The number of rotatable bonds is 11. The average Bonchev–Trinajstić information content (AvgIpc) is 3.46. The van der Waals surface area contributed by atoms with Crippen molar-refractivity contribution in [3.8, 4) is 0 Å². The van der Waals surface area contributed by atoms with E-state index >= 15 is 0 Å². The minimum atomic E-state index is -4.13. The topological polar surface area (TPSA) is 86.8 Å². The van der Waals surface area contributed by atoms with Gasteiger partial charge in [0, 0.05) is 17.6 Å². The van der Waals surface area contributed by atoms with Gasteiger partial charge in [-0.15, -0.1) is 0 Å². The highest BCUT2D eigenvalue weighted by Gasteiger charge is 2.34. The second kappa shape index (κ2) is 13.3. The minimum Gasteiger partial charge on any atom is -0.352 e. The molecule has 212 valence electrons. The first-order valence-corrected chi connectivity index (χ1v) is 15.5. The number of hydrogen-bond donors (Lipinski definition) is 1. The number of amides is 2. The van der Waals surface area contributed by atoms with Crippen LogP contribution in [0.15, 0.2) is 83.8 Å². The van der Waals surface area contributed by atoms with E-state index in [0.29, 0.717) is 11.4 Å². The summed E-state index contributed by atoms with van der Waals surface area (Å²) in [4.78, 5) is 29.2. The lowest BCUT2D eigenvalue weighted by atomic mass is 10.1. The quantitative estimate of drug-likeness (QED) is 0.314. The third-order valence-electron chi connectivity index (χ3n) is 7.40. The molecule has 2 amide bonds. The van der Waals surface area contributed by atoms with E-state index in [1.54, 1.807) is 36.4 Å². The number of hydrogen-bond acceptors (Lipinski definition) is 4. The molecule has 1 saturated carbocycles. The Morgan fingerprint density at radius 2 is 1.65 bits per heavy atom. The highest BCUT2D eigenvalue weighted by molar-refractivity contribution is 7.92. The summed E-state index contributed by atoms with van der Waals surface area (Å²) in [6.07, 6.45) is 4.37. The van der Waals surface area contributed by atoms with Gasteiger partial charge < -0.3 is 10.2 Å². The zero-order valence-electron chi connectivity index (χ0n) is 22.9. The summed E-state index contributed by atoms with van der Waals surface area (Å²) in [6, 6.07) is 21.4.